The zero-order valence-electron chi connectivity index (χ0n) is 12.1. The first kappa shape index (κ1) is 13.5. The quantitative estimate of drug-likeness (QED) is 0.856. The Labute approximate surface area is 116 Å². The van der Waals surface area contributed by atoms with E-state index < -0.39 is 0 Å². The maximum absolute atomic E-state index is 3.52. The van der Waals surface area contributed by atoms with Gasteiger partial charge in [-0.15, -0.1) is 0 Å². The first-order chi connectivity index (χ1) is 9.08. The van der Waals surface area contributed by atoms with E-state index in [1.165, 1.54) is 16.9 Å². The van der Waals surface area contributed by atoms with E-state index in [9.17, 15) is 0 Å². The Hall–Kier alpha value is -1.96. The lowest BCUT2D eigenvalue weighted by molar-refractivity contribution is 0.869. The number of benzene rings is 2. The first-order valence-corrected chi connectivity index (χ1v) is 6.71. The van der Waals surface area contributed by atoms with Gasteiger partial charge < -0.3 is 10.2 Å². The smallest absolute Gasteiger partial charge is 0.0419 e. The third-order valence-corrected chi connectivity index (χ3v) is 3.22. The van der Waals surface area contributed by atoms with Crippen molar-refractivity contribution >= 4 is 17.1 Å². The summed E-state index contributed by atoms with van der Waals surface area (Å²) in [5, 5.41) is 3.52. The molecule has 0 fully saturated rings. The third kappa shape index (κ3) is 3.28. The summed E-state index contributed by atoms with van der Waals surface area (Å²) in [4.78, 5) is 2.11. The topological polar surface area (TPSA) is 15.3 Å². The number of anilines is 3. The van der Waals surface area contributed by atoms with Gasteiger partial charge in [-0.05, 0) is 35.7 Å². The fourth-order valence-corrected chi connectivity index (χ4v) is 2.13. The summed E-state index contributed by atoms with van der Waals surface area (Å²) in [6.45, 7) is 4.44. The SMILES string of the molecule is CC(C)c1ccccc1Nc1cccc(N(C)C)c1. The second-order valence-electron chi connectivity index (χ2n) is 5.31. The van der Waals surface area contributed by atoms with Crippen molar-refractivity contribution in [3.8, 4) is 0 Å². The van der Waals surface area contributed by atoms with Gasteiger partial charge in [-0.1, -0.05) is 38.1 Å². The van der Waals surface area contributed by atoms with Crippen molar-refractivity contribution in [1.29, 1.82) is 0 Å². The summed E-state index contributed by atoms with van der Waals surface area (Å²) >= 11 is 0. The highest BCUT2D eigenvalue weighted by Crippen LogP contribution is 2.28. The predicted octanol–water partition coefficient (Wildman–Crippen LogP) is 4.62. The molecule has 0 aromatic heterocycles. The molecule has 2 aromatic rings. The van der Waals surface area contributed by atoms with E-state index in [1.54, 1.807) is 0 Å². The molecule has 0 aliphatic rings. The normalized spacial score (nSPS) is 10.6. The number of nitrogens with zero attached hydrogens (tertiary/aromatic N) is 1. The highest BCUT2D eigenvalue weighted by molar-refractivity contribution is 5.67. The van der Waals surface area contributed by atoms with Crippen molar-refractivity contribution in [3.63, 3.8) is 0 Å². The molecule has 0 saturated carbocycles. The molecule has 0 atom stereocenters. The standard InChI is InChI=1S/C17H22N2/c1-13(2)16-10-5-6-11-17(16)18-14-8-7-9-15(12-14)19(3)4/h5-13,18H,1-4H3. The van der Waals surface area contributed by atoms with Crippen LogP contribution in [-0.2, 0) is 0 Å². The maximum atomic E-state index is 3.52. The highest BCUT2D eigenvalue weighted by Gasteiger charge is 2.06. The molecule has 19 heavy (non-hydrogen) atoms. The number of hydrogen-bond acceptors (Lipinski definition) is 2. The van der Waals surface area contributed by atoms with E-state index in [-0.39, 0.29) is 0 Å². The first-order valence-electron chi connectivity index (χ1n) is 6.71. The lowest BCUT2D eigenvalue weighted by Gasteiger charge is -2.17. The van der Waals surface area contributed by atoms with Crippen molar-refractivity contribution in [2.45, 2.75) is 19.8 Å². The molecule has 0 bridgehead atoms. The average molecular weight is 254 g/mol. The molecule has 2 heteroatoms. The minimum absolute atomic E-state index is 0.515. The summed E-state index contributed by atoms with van der Waals surface area (Å²) < 4.78 is 0. The molecule has 1 N–H and O–H groups in total. The minimum Gasteiger partial charge on any atom is -0.378 e. The second kappa shape index (κ2) is 5.79. The molecule has 0 aliphatic carbocycles. The summed E-state index contributed by atoms with van der Waals surface area (Å²) in [6, 6.07) is 16.9. The molecule has 0 heterocycles. The van der Waals surface area contributed by atoms with Crippen LogP contribution in [-0.4, -0.2) is 14.1 Å². The van der Waals surface area contributed by atoms with E-state index in [0.717, 1.165) is 5.69 Å². The molecular formula is C17H22N2. The van der Waals surface area contributed by atoms with Crippen LogP contribution < -0.4 is 10.2 Å². The van der Waals surface area contributed by atoms with E-state index in [4.69, 9.17) is 0 Å². The molecule has 0 saturated heterocycles. The van der Waals surface area contributed by atoms with Gasteiger partial charge in [0.2, 0.25) is 0 Å². The number of rotatable bonds is 4. The van der Waals surface area contributed by atoms with Gasteiger partial charge in [0.15, 0.2) is 0 Å². The summed E-state index contributed by atoms with van der Waals surface area (Å²) in [6.07, 6.45) is 0. The van der Waals surface area contributed by atoms with Crippen LogP contribution in [0.4, 0.5) is 17.1 Å². The van der Waals surface area contributed by atoms with Crippen molar-refractivity contribution in [2.24, 2.45) is 0 Å². The fourth-order valence-electron chi connectivity index (χ4n) is 2.13. The second-order valence-corrected chi connectivity index (χ2v) is 5.31. The van der Waals surface area contributed by atoms with Crippen LogP contribution in [0.1, 0.15) is 25.3 Å². The zero-order chi connectivity index (χ0) is 13.8. The monoisotopic (exact) mass is 254 g/mol. The Balaban J connectivity index is 2.29. The van der Waals surface area contributed by atoms with Crippen LogP contribution in [0.15, 0.2) is 48.5 Å². The van der Waals surface area contributed by atoms with Crippen LogP contribution in [0.5, 0.6) is 0 Å². The van der Waals surface area contributed by atoms with Gasteiger partial charge in [-0.3, -0.25) is 0 Å². The molecule has 0 spiro atoms. The molecule has 2 rings (SSSR count). The summed E-state index contributed by atoms with van der Waals surface area (Å²) in [5.74, 6) is 0.515. The van der Waals surface area contributed by atoms with Gasteiger partial charge in [-0.25, -0.2) is 0 Å². The fraction of sp³-hybridized carbons (Fsp3) is 0.294. The minimum atomic E-state index is 0.515. The average Bonchev–Trinajstić information content (AvgIpc) is 2.39. The molecule has 2 nitrogen and oxygen atoms in total. The summed E-state index contributed by atoms with van der Waals surface area (Å²) in [5.41, 5.74) is 4.86. The van der Waals surface area contributed by atoms with Crippen molar-refractivity contribution in [2.75, 3.05) is 24.3 Å². The van der Waals surface area contributed by atoms with Gasteiger partial charge >= 0.3 is 0 Å². The van der Waals surface area contributed by atoms with Gasteiger partial charge in [-0.2, -0.15) is 0 Å². The largest absolute Gasteiger partial charge is 0.378 e. The van der Waals surface area contributed by atoms with E-state index in [2.05, 4.69) is 86.7 Å². The molecule has 100 valence electrons. The lowest BCUT2D eigenvalue weighted by Crippen LogP contribution is -2.08. The van der Waals surface area contributed by atoms with Gasteiger partial charge in [0.25, 0.3) is 0 Å². The highest BCUT2D eigenvalue weighted by atomic mass is 15.1. The molecule has 0 radical (unpaired) electrons. The number of hydrogen-bond donors (Lipinski definition) is 1. The molecular weight excluding hydrogens is 232 g/mol. The molecule has 0 aliphatic heterocycles. The molecule has 2 aromatic carbocycles. The number of para-hydroxylation sites is 1. The Morgan fingerprint density at radius 3 is 2.37 bits per heavy atom. The Bertz CT molecular complexity index is 544. The summed E-state index contributed by atoms with van der Waals surface area (Å²) in [7, 11) is 4.11. The Morgan fingerprint density at radius 1 is 0.947 bits per heavy atom. The van der Waals surface area contributed by atoms with Crippen LogP contribution in [0.3, 0.4) is 0 Å². The third-order valence-electron chi connectivity index (χ3n) is 3.22. The Morgan fingerprint density at radius 2 is 1.68 bits per heavy atom. The maximum Gasteiger partial charge on any atom is 0.0419 e. The van der Waals surface area contributed by atoms with Gasteiger partial charge in [0.05, 0.1) is 0 Å². The van der Waals surface area contributed by atoms with Crippen LogP contribution in [0.2, 0.25) is 0 Å². The number of nitrogens with one attached hydrogen (secondary N) is 1. The van der Waals surface area contributed by atoms with Crippen LogP contribution >= 0.6 is 0 Å². The van der Waals surface area contributed by atoms with Gasteiger partial charge in [0, 0.05) is 31.2 Å². The van der Waals surface area contributed by atoms with Gasteiger partial charge in [0.1, 0.15) is 0 Å². The van der Waals surface area contributed by atoms with Crippen molar-refractivity contribution in [3.05, 3.63) is 54.1 Å². The van der Waals surface area contributed by atoms with E-state index >= 15 is 0 Å². The zero-order valence-corrected chi connectivity index (χ0v) is 12.1. The van der Waals surface area contributed by atoms with Crippen LogP contribution in [0, 0.1) is 0 Å². The van der Waals surface area contributed by atoms with E-state index in [1.807, 2.05) is 0 Å². The lowest BCUT2D eigenvalue weighted by atomic mass is 10.0. The predicted molar refractivity (Wildman–Crippen MR) is 84.6 cm³/mol. The Kier molecular flexibility index (Phi) is 4.10. The molecule has 0 amide bonds. The van der Waals surface area contributed by atoms with Crippen molar-refractivity contribution < 1.29 is 0 Å². The van der Waals surface area contributed by atoms with Crippen LogP contribution in [0.25, 0.3) is 0 Å². The van der Waals surface area contributed by atoms with E-state index in [0.29, 0.717) is 5.92 Å². The molecule has 0 unspecified atom stereocenters. The van der Waals surface area contributed by atoms with Crippen molar-refractivity contribution in [1.82, 2.24) is 0 Å².